The van der Waals surface area contributed by atoms with Crippen molar-refractivity contribution in [2.45, 2.75) is 18.9 Å². The van der Waals surface area contributed by atoms with Gasteiger partial charge in [0, 0.05) is 38.7 Å². The van der Waals surface area contributed by atoms with Crippen LogP contribution in [0.1, 0.15) is 22.3 Å². The van der Waals surface area contributed by atoms with Crippen LogP contribution in [0.15, 0.2) is 24.3 Å². The van der Waals surface area contributed by atoms with E-state index in [0.29, 0.717) is 5.56 Å². The highest BCUT2D eigenvalue weighted by molar-refractivity contribution is 5.94. The van der Waals surface area contributed by atoms with Crippen LogP contribution in [0.25, 0.3) is 0 Å². The molecule has 6 nitrogen and oxygen atoms in total. The lowest BCUT2D eigenvalue weighted by molar-refractivity contribution is -0.112. The van der Waals surface area contributed by atoms with Crippen LogP contribution in [0.2, 0.25) is 0 Å². The summed E-state index contributed by atoms with van der Waals surface area (Å²) < 4.78 is 27.1. The molecule has 0 saturated carbocycles. The first kappa shape index (κ1) is 18.1. The van der Waals surface area contributed by atoms with E-state index in [-0.39, 0.29) is 25.5 Å². The molecule has 1 unspecified atom stereocenters. The zero-order valence-electron chi connectivity index (χ0n) is 13.4. The number of likely N-dealkylation sites (tertiary alicyclic amines) is 1. The third-order valence-corrected chi connectivity index (χ3v) is 4.12. The summed E-state index contributed by atoms with van der Waals surface area (Å²) in [5.41, 5.74) is 1.20. The molecule has 8 heteroatoms. The minimum Gasteiger partial charge on any atom is -0.396 e. The number of nitrogens with zero attached hydrogens (tertiary/aromatic N) is 1. The Kier molecular flexibility index (Phi) is 5.71. The van der Waals surface area contributed by atoms with E-state index in [1.165, 1.54) is 11.9 Å². The quantitative estimate of drug-likeness (QED) is 0.770. The Labute approximate surface area is 138 Å². The van der Waals surface area contributed by atoms with Crippen molar-refractivity contribution in [3.05, 3.63) is 35.4 Å². The molecule has 0 aromatic heterocycles. The number of nitrogens with one attached hydrogen (secondary N) is 2. The number of rotatable bonds is 4. The molecule has 24 heavy (non-hydrogen) atoms. The molecule has 1 saturated heterocycles. The van der Waals surface area contributed by atoms with Crippen LogP contribution < -0.4 is 10.6 Å². The Morgan fingerprint density at radius 1 is 1.42 bits per heavy atom. The Bertz CT molecular complexity index is 610. The van der Waals surface area contributed by atoms with E-state index in [0.717, 1.165) is 5.56 Å². The van der Waals surface area contributed by atoms with Gasteiger partial charge in [-0.2, -0.15) is 0 Å². The van der Waals surface area contributed by atoms with Crippen molar-refractivity contribution in [2.75, 3.05) is 26.7 Å². The van der Waals surface area contributed by atoms with E-state index in [2.05, 4.69) is 10.6 Å². The molecule has 0 bridgehead atoms. The lowest BCUT2D eigenvalue weighted by Crippen LogP contribution is -2.53. The second kappa shape index (κ2) is 7.57. The van der Waals surface area contributed by atoms with E-state index in [1.54, 1.807) is 24.3 Å². The van der Waals surface area contributed by atoms with Gasteiger partial charge in [0.15, 0.2) is 0 Å². The van der Waals surface area contributed by atoms with Crippen molar-refractivity contribution >= 4 is 11.9 Å². The minimum absolute atomic E-state index is 0.0619. The maximum absolute atomic E-state index is 13.6. The highest BCUT2D eigenvalue weighted by atomic mass is 19.3. The van der Waals surface area contributed by atoms with Gasteiger partial charge in [0.1, 0.15) is 0 Å². The predicted molar refractivity (Wildman–Crippen MR) is 83.8 cm³/mol. The van der Waals surface area contributed by atoms with Gasteiger partial charge in [0.25, 0.3) is 11.8 Å². The maximum Gasteiger partial charge on any atom is 0.317 e. The number of hydrogen-bond acceptors (Lipinski definition) is 3. The van der Waals surface area contributed by atoms with E-state index in [9.17, 15) is 18.4 Å². The summed E-state index contributed by atoms with van der Waals surface area (Å²) in [7, 11) is 1.53. The van der Waals surface area contributed by atoms with Gasteiger partial charge in [0.05, 0.1) is 12.5 Å². The Morgan fingerprint density at radius 3 is 2.83 bits per heavy atom. The first-order chi connectivity index (χ1) is 11.4. The van der Waals surface area contributed by atoms with E-state index in [1.807, 2.05) is 0 Å². The van der Waals surface area contributed by atoms with Gasteiger partial charge in [0.2, 0.25) is 0 Å². The Balaban J connectivity index is 1.93. The molecule has 1 fully saturated rings. The normalized spacial score (nSPS) is 19.7. The molecule has 0 spiro atoms. The molecule has 3 N–H and O–H groups in total. The van der Waals surface area contributed by atoms with E-state index >= 15 is 0 Å². The van der Waals surface area contributed by atoms with Gasteiger partial charge in [-0.05, 0) is 17.7 Å². The minimum atomic E-state index is -2.95. The van der Waals surface area contributed by atoms with Crippen molar-refractivity contribution in [3.8, 4) is 0 Å². The van der Waals surface area contributed by atoms with Crippen molar-refractivity contribution in [2.24, 2.45) is 5.92 Å². The smallest absolute Gasteiger partial charge is 0.317 e. The highest BCUT2D eigenvalue weighted by Gasteiger charge is 2.44. The molecule has 1 heterocycles. The molecule has 3 amide bonds. The summed E-state index contributed by atoms with van der Waals surface area (Å²) >= 11 is 0. The molecule has 132 valence electrons. The van der Waals surface area contributed by atoms with Crippen LogP contribution in [-0.2, 0) is 6.54 Å². The first-order valence-corrected chi connectivity index (χ1v) is 7.70. The summed E-state index contributed by atoms with van der Waals surface area (Å²) in [5.74, 6) is -4.42. The van der Waals surface area contributed by atoms with E-state index in [4.69, 9.17) is 5.11 Å². The molecule has 1 aromatic carbocycles. The number of urea groups is 1. The summed E-state index contributed by atoms with van der Waals surface area (Å²) in [4.78, 5) is 25.0. The van der Waals surface area contributed by atoms with Crippen LogP contribution in [0, 0.1) is 5.92 Å². The number of carbonyl (C=O) groups excluding carboxylic acids is 2. The van der Waals surface area contributed by atoms with Gasteiger partial charge < -0.3 is 20.6 Å². The summed E-state index contributed by atoms with van der Waals surface area (Å²) in [6, 6.07) is 6.31. The van der Waals surface area contributed by atoms with Crippen molar-refractivity contribution in [1.82, 2.24) is 15.5 Å². The van der Waals surface area contributed by atoms with Crippen molar-refractivity contribution < 1.29 is 23.5 Å². The fourth-order valence-corrected chi connectivity index (χ4v) is 2.61. The number of aliphatic hydroxyl groups excluding tert-OH is 1. The van der Waals surface area contributed by atoms with Crippen LogP contribution in [0.5, 0.6) is 0 Å². The number of piperidine rings is 1. The number of benzene rings is 1. The summed E-state index contributed by atoms with van der Waals surface area (Å²) in [6.45, 7) is -0.730. The zero-order chi connectivity index (χ0) is 17.7. The van der Waals surface area contributed by atoms with Gasteiger partial charge >= 0.3 is 6.03 Å². The molecule has 1 atom stereocenters. The number of alkyl halides is 2. The predicted octanol–water partition coefficient (Wildman–Crippen LogP) is 1.21. The Morgan fingerprint density at radius 2 is 2.17 bits per heavy atom. The number of halogens is 2. The average Bonchev–Trinajstić information content (AvgIpc) is 2.59. The molecule has 0 radical (unpaired) electrons. The summed E-state index contributed by atoms with van der Waals surface area (Å²) in [5, 5.41) is 14.2. The zero-order valence-corrected chi connectivity index (χ0v) is 13.4. The number of amides is 3. The second-order valence-electron chi connectivity index (χ2n) is 5.77. The molecule has 1 aliphatic heterocycles. The third kappa shape index (κ3) is 4.19. The number of hydrogen-bond donors (Lipinski definition) is 3. The molecule has 1 aliphatic rings. The van der Waals surface area contributed by atoms with Crippen LogP contribution in [0.3, 0.4) is 0 Å². The SMILES string of the molecule is CNC(=O)c1cccc(CNC(=O)N2CCC(F)(F)C(CO)C2)c1. The molecule has 1 aromatic rings. The van der Waals surface area contributed by atoms with Crippen molar-refractivity contribution in [3.63, 3.8) is 0 Å². The van der Waals surface area contributed by atoms with Gasteiger partial charge in [-0.25, -0.2) is 13.6 Å². The van der Waals surface area contributed by atoms with Gasteiger partial charge in [-0.15, -0.1) is 0 Å². The summed E-state index contributed by atoms with van der Waals surface area (Å²) in [6.07, 6.45) is -0.461. The van der Waals surface area contributed by atoms with Gasteiger partial charge in [-0.3, -0.25) is 4.79 Å². The average molecular weight is 341 g/mol. The fraction of sp³-hybridized carbons (Fsp3) is 0.500. The van der Waals surface area contributed by atoms with Crippen molar-refractivity contribution in [1.29, 1.82) is 0 Å². The lowest BCUT2D eigenvalue weighted by atomic mass is 9.94. The molecule has 2 rings (SSSR count). The van der Waals surface area contributed by atoms with E-state index < -0.39 is 30.9 Å². The largest absolute Gasteiger partial charge is 0.396 e. The Hall–Kier alpha value is -2.22. The standard InChI is InChI=1S/C16H21F2N3O3/c1-19-14(23)12-4-2-3-11(7-12)8-20-15(24)21-6-5-16(17,18)13(9-21)10-22/h2-4,7,13,22H,5-6,8-10H2,1H3,(H,19,23)(H,20,24). The monoisotopic (exact) mass is 341 g/mol. The maximum atomic E-state index is 13.6. The number of aliphatic hydroxyl groups is 1. The number of carbonyl (C=O) groups is 2. The lowest BCUT2D eigenvalue weighted by Gasteiger charge is -2.37. The van der Waals surface area contributed by atoms with Crippen LogP contribution in [-0.4, -0.2) is 54.6 Å². The fourth-order valence-electron chi connectivity index (χ4n) is 2.61. The van der Waals surface area contributed by atoms with Gasteiger partial charge in [-0.1, -0.05) is 12.1 Å². The molecule has 0 aliphatic carbocycles. The molecular weight excluding hydrogens is 320 g/mol. The second-order valence-corrected chi connectivity index (χ2v) is 5.77. The van der Waals surface area contributed by atoms with Crippen LogP contribution in [0.4, 0.5) is 13.6 Å². The topological polar surface area (TPSA) is 81.7 Å². The third-order valence-electron chi connectivity index (χ3n) is 4.12. The van der Waals surface area contributed by atoms with Crippen LogP contribution >= 0.6 is 0 Å². The molecular formula is C16H21F2N3O3. The highest BCUT2D eigenvalue weighted by Crippen LogP contribution is 2.33. The first-order valence-electron chi connectivity index (χ1n) is 7.70.